The van der Waals surface area contributed by atoms with Gasteiger partial charge in [-0.05, 0) is 24.3 Å². The number of rotatable bonds is 4. The van der Waals surface area contributed by atoms with Crippen LogP contribution in [0.15, 0.2) is 52.6 Å². The first-order valence-corrected chi connectivity index (χ1v) is 11.9. The van der Waals surface area contributed by atoms with Crippen LogP contribution in [0.2, 0.25) is 5.02 Å². The van der Waals surface area contributed by atoms with Crippen LogP contribution in [0, 0.1) is 0 Å². The molecular formula is C20H22ClN5O4S. The van der Waals surface area contributed by atoms with E-state index in [2.05, 4.69) is 9.71 Å². The summed E-state index contributed by atoms with van der Waals surface area (Å²) in [5.41, 5.74) is 0.837. The summed E-state index contributed by atoms with van der Waals surface area (Å²) in [6.07, 6.45) is 5.04. The van der Waals surface area contributed by atoms with Crippen LogP contribution in [0.1, 0.15) is 0 Å². The molecular weight excluding hydrogens is 442 g/mol. The molecule has 3 aliphatic heterocycles. The first-order chi connectivity index (χ1) is 14.8. The predicted molar refractivity (Wildman–Crippen MR) is 118 cm³/mol. The van der Waals surface area contributed by atoms with E-state index in [1.54, 1.807) is 52.4 Å². The topological polar surface area (TPSA) is 102 Å². The molecule has 1 fully saturated rings. The molecule has 164 valence electrons. The van der Waals surface area contributed by atoms with Gasteiger partial charge in [-0.25, -0.2) is 8.42 Å². The number of para-hydroxylation sites is 1. The van der Waals surface area contributed by atoms with Gasteiger partial charge in [0.2, 0.25) is 5.91 Å². The van der Waals surface area contributed by atoms with Crippen LogP contribution in [0.25, 0.3) is 0 Å². The van der Waals surface area contributed by atoms with E-state index < -0.39 is 10.0 Å². The third-order valence-corrected chi connectivity index (χ3v) is 6.74. The Balaban J connectivity index is 1.34. The normalized spacial score (nSPS) is 20.5. The summed E-state index contributed by atoms with van der Waals surface area (Å²) in [5.74, 6) is -0.326. The number of halogens is 1. The zero-order valence-electron chi connectivity index (χ0n) is 16.7. The van der Waals surface area contributed by atoms with E-state index in [1.165, 1.54) is 0 Å². The number of nitrogens with zero attached hydrogens (tertiary/aromatic N) is 4. The molecule has 9 nitrogen and oxygen atoms in total. The molecule has 0 spiro atoms. The molecule has 0 bridgehead atoms. The molecule has 0 aromatic heterocycles. The summed E-state index contributed by atoms with van der Waals surface area (Å²) >= 11 is 6.07. The molecule has 11 heteroatoms. The number of amides is 2. The maximum atomic E-state index is 13.0. The number of hydrogen-bond donors (Lipinski definition) is 1. The van der Waals surface area contributed by atoms with Crippen LogP contribution in [0.5, 0.6) is 0 Å². The van der Waals surface area contributed by atoms with Gasteiger partial charge in [-0.15, -0.1) is 4.40 Å². The van der Waals surface area contributed by atoms with E-state index in [1.807, 2.05) is 4.90 Å². The fraction of sp³-hybridized carbons (Fsp3) is 0.350. The number of amidine groups is 1. The molecule has 1 aromatic rings. The first kappa shape index (κ1) is 21.5. The molecule has 31 heavy (non-hydrogen) atoms. The van der Waals surface area contributed by atoms with Crippen LogP contribution in [0.3, 0.4) is 0 Å². The van der Waals surface area contributed by atoms with E-state index in [-0.39, 0.29) is 42.1 Å². The number of carbonyl (C=O) groups excluding carboxylic acids is 2. The smallest absolute Gasteiger partial charge is 0.257 e. The monoisotopic (exact) mass is 463 g/mol. The van der Waals surface area contributed by atoms with Gasteiger partial charge in [0.15, 0.2) is 5.84 Å². The van der Waals surface area contributed by atoms with E-state index in [0.717, 1.165) is 0 Å². The molecule has 0 radical (unpaired) electrons. The zero-order valence-corrected chi connectivity index (χ0v) is 18.3. The van der Waals surface area contributed by atoms with Crippen molar-refractivity contribution in [1.82, 2.24) is 14.7 Å². The molecule has 0 atom stereocenters. The number of fused-ring (bicyclic) bond motifs is 1. The number of benzene rings is 1. The Hall–Kier alpha value is -2.69. The van der Waals surface area contributed by atoms with Crippen molar-refractivity contribution in [3.05, 3.63) is 53.2 Å². The number of hydrogen-bond acceptors (Lipinski definition) is 6. The number of carbonyl (C=O) groups is 2. The minimum atomic E-state index is -3.56. The van der Waals surface area contributed by atoms with E-state index in [0.29, 0.717) is 36.9 Å². The minimum absolute atomic E-state index is 0.0722. The summed E-state index contributed by atoms with van der Waals surface area (Å²) < 4.78 is 27.6. The van der Waals surface area contributed by atoms with Crippen LogP contribution in [0.4, 0.5) is 5.69 Å². The Labute approximate surface area is 185 Å². The molecule has 0 saturated carbocycles. The lowest BCUT2D eigenvalue weighted by Crippen LogP contribution is -2.52. The predicted octanol–water partition coefficient (Wildman–Crippen LogP) is 0.920. The van der Waals surface area contributed by atoms with Crippen molar-refractivity contribution in [3.8, 4) is 0 Å². The van der Waals surface area contributed by atoms with E-state index in [4.69, 9.17) is 11.6 Å². The Morgan fingerprint density at radius 3 is 2.58 bits per heavy atom. The highest BCUT2D eigenvalue weighted by Crippen LogP contribution is 2.21. The maximum absolute atomic E-state index is 13.0. The quantitative estimate of drug-likeness (QED) is 0.712. The molecule has 1 saturated heterocycles. The van der Waals surface area contributed by atoms with Gasteiger partial charge in [-0.1, -0.05) is 23.7 Å². The van der Waals surface area contributed by atoms with Crippen molar-refractivity contribution in [2.24, 2.45) is 4.40 Å². The van der Waals surface area contributed by atoms with Crippen molar-refractivity contribution >= 4 is 45.0 Å². The second kappa shape index (κ2) is 8.81. The van der Waals surface area contributed by atoms with Crippen molar-refractivity contribution in [2.45, 2.75) is 0 Å². The Morgan fingerprint density at radius 2 is 1.84 bits per heavy atom. The fourth-order valence-electron chi connectivity index (χ4n) is 3.62. The molecule has 3 aliphatic rings. The van der Waals surface area contributed by atoms with Crippen molar-refractivity contribution in [2.75, 3.05) is 50.3 Å². The van der Waals surface area contributed by atoms with Gasteiger partial charge in [0, 0.05) is 38.9 Å². The standard InChI is InChI=1S/C20H22ClN5O4S/c21-16-5-1-2-6-17(16)22-18(27)14-24-8-10-26(11-9-24)20(28)15-4-3-7-25-12-13-31(29,30)23-19(15)25/h1-7H,8-14H2,(H,22,27). The lowest BCUT2D eigenvalue weighted by Gasteiger charge is -2.36. The number of nitrogens with one attached hydrogen (secondary N) is 1. The SMILES string of the molecule is O=C(CN1CCN(C(=O)C2=CC=CN3CCS(=O)(=O)N=C23)CC1)Nc1ccccc1Cl. The molecule has 0 unspecified atom stereocenters. The van der Waals surface area contributed by atoms with Gasteiger partial charge in [0.1, 0.15) is 0 Å². The molecule has 1 aromatic carbocycles. The third kappa shape index (κ3) is 4.97. The molecule has 2 amide bonds. The largest absolute Gasteiger partial charge is 0.336 e. The van der Waals surface area contributed by atoms with Gasteiger partial charge in [-0.3, -0.25) is 14.5 Å². The van der Waals surface area contributed by atoms with E-state index >= 15 is 0 Å². The molecule has 3 heterocycles. The minimum Gasteiger partial charge on any atom is -0.336 e. The molecule has 1 N–H and O–H groups in total. The van der Waals surface area contributed by atoms with Crippen molar-refractivity contribution in [3.63, 3.8) is 0 Å². The Kier molecular flexibility index (Phi) is 6.12. The number of piperazine rings is 1. The van der Waals surface area contributed by atoms with Gasteiger partial charge in [0.25, 0.3) is 15.9 Å². The highest BCUT2D eigenvalue weighted by Gasteiger charge is 2.33. The highest BCUT2D eigenvalue weighted by molar-refractivity contribution is 7.90. The summed E-state index contributed by atoms with van der Waals surface area (Å²) in [7, 11) is -3.56. The Morgan fingerprint density at radius 1 is 1.10 bits per heavy atom. The fourth-order valence-corrected chi connectivity index (χ4v) is 4.79. The lowest BCUT2D eigenvalue weighted by molar-refractivity contribution is -0.128. The number of sulfonamides is 1. The molecule has 0 aliphatic carbocycles. The summed E-state index contributed by atoms with van der Waals surface area (Å²) in [6, 6.07) is 7.03. The van der Waals surface area contributed by atoms with E-state index in [9.17, 15) is 18.0 Å². The second-order valence-corrected chi connectivity index (χ2v) is 9.57. The third-order valence-electron chi connectivity index (χ3n) is 5.26. The van der Waals surface area contributed by atoms with Crippen LogP contribution < -0.4 is 5.32 Å². The first-order valence-electron chi connectivity index (χ1n) is 9.86. The average Bonchev–Trinajstić information content (AvgIpc) is 2.74. The summed E-state index contributed by atoms with van der Waals surface area (Å²) in [4.78, 5) is 30.7. The lowest BCUT2D eigenvalue weighted by atomic mass is 10.1. The van der Waals surface area contributed by atoms with Gasteiger partial charge >= 0.3 is 0 Å². The zero-order chi connectivity index (χ0) is 22.0. The van der Waals surface area contributed by atoms with Crippen LogP contribution in [-0.2, 0) is 19.6 Å². The second-order valence-electron chi connectivity index (χ2n) is 7.41. The highest BCUT2D eigenvalue weighted by atomic mass is 35.5. The van der Waals surface area contributed by atoms with Gasteiger partial charge in [-0.2, -0.15) is 0 Å². The van der Waals surface area contributed by atoms with Crippen LogP contribution >= 0.6 is 11.6 Å². The number of allylic oxidation sites excluding steroid dienone is 2. The van der Waals surface area contributed by atoms with Crippen molar-refractivity contribution in [1.29, 1.82) is 0 Å². The van der Waals surface area contributed by atoms with Gasteiger partial charge < -0.3 is 15.1 Å². The molecule has 4 rings (SSSR count). The van der Waals surface area contributed by atoms with Gasteiger partial charge in [0.05, 0.1) is 28.6 Å². The summed E-state index contributed by atoms with van der Waals surface area (Å²) in [5, 5.41) is 3.27. The average molecular weight is 464 g/mol. The van der Waals surface area contributed by atoms with Crippen molar-refractivity contribution < 1.29 is 18.0 Å². The maximum Gasteiger partial charge on any atom is 0.257 e. The Bertz CT molecular complexity index is 1090. The summed E-state index contributed by atoms with van der Waals surface area (Å²) in [6.45, 7) is 2.38. The number of anilines is 1. The van der Waals surface area contributed by atoms with Crippen LogP contribution in [-0.4, -0.2) is 85.8 Å².